The second-order valence-corrected chi connectivity index (χ2v) is 6.73. The molecule has 1 aliphatic rings. The minimum Gasteiger partial charge on any atom is -0.381 e. The first-order valence-corrected chi connectivity index (χ1v) is 8.67. The lowest BCUT2D eigenvalue weighted by Crippen LogP contribution is -2.21. The Morgan fingerprint density at radius 1 is 1.35 bits per heavy atom. The van der Waals surface area contributed by atoms with Crippen molar-refractivity contribution in [2.45, 2.75) is 26.3 Å². The van der Waals surface area contributed by atoms with Crippen LogP contribution in [0.1, 0.15) is 18.5 Å². The van der Waals surface area contributed by atoms with Gasteiger partial charge in [0.25, 0.3) is 5.89 Å². The Morgan fingerprint density at radius 3 is 3.00 bits per heavy atom. The normalized spacial score (nSPS) is 16.0. The summed E-state index contributed by atoms with van der Waals surface area (Å²) in [6.45, 7) is 4.68. The molecule has 0 spiro atoms. The van der Waals surface area contributed by atoms with E-state index < -0.39 is 0 Å². The standard InChI is InChI=1S/C16H18N4O2S/c1-11-13(9-17-20(11)10-12-4-6-21-7-5-12)16-18-15(19-22-16)14-3-2-8-23-14/h2-3,8-9,12H,4-7,10H2,1H3. The van der Waals surface area contributed by atoms with E-state index in [1.54, 1.807) is 11.3 Å². The molecule has 0 N–H and O–H groups in total. The minimum atomic E-state index is 0.532. The van der Waals surface area contributed by atoms with Crippen molar-refractivity contribution in [3.8, 4) is 22.2 Å². The Labute approximate surface area is 138 Å². The third-order valence-electron chi connectivity index (χ3n) is 4.27. The zero-order chi connectivity index (χ0) is 15.6. The van der Waals surface area contributed by atoms with Crippen molar-refractivity contribution in [2.75, 3.05) is 13.2 Å². The molecule has 0 aromatic carbocycles. The molecule has 0 aliphatic carbocycles. The predicted molar refractivity (Wildman–Crippen MR) is 87.1 cm³/mol. The van der Waals surface area contributed by atoms with Crippen LogP contribution in [-0.4, -0.2) is 33.1 Å². The molecule has 7 heteroatoms. The number of aromatic nitrogens is 4. The Hall–Kier alpha value is -1.99. The molecule has 4 rings (SSSR count). The smallest absolute Gasteiger partial charge is 0.261 e. The molecular formula is C16H18N4O2S. The van der Waals surface area contributed by atoms with E-state index in [0.29, 0.717) is 17.6 Å². The number of ether oxygens (including phenoxy) is 1. The van der Waals surface area contributed by atoms with E-state index >= 15 is 0 Å². The first-order valence-electron chi connectivity index (χ1n) is 7.79. The van der Waals surface area contributed by atoms with Crippen molar-refractivity contribution in [3.63, 3.8) is 0 Å². The van der Waals surface area contributed by atoms with Gasteiger partial charge in [-0.2, -0.15) is 10.1 Å². The first kappa shape index (κ1) is 14.6. The Kier molecular flexibility index (Phi) is 3.97. The van der Waals surface area contributed by atoms with Gasteiger partial charge in [-0.05, 0) is 37.1 Å². The van der Waals surface area contributed by atoms with Crippen molar-refractivity contribution in [2.24, 2.45) is 5.92 Å². The van der Waals surface area contributed by atoms with Gasteiger partial charge in [-0.15, -0.1) is 11.3 Å². The molecule has 0 amide bonds. The molecule has 0 saturated carbocycles. The largest absolute Gasteiger partial charge is 0.381 e. The van der Waals surface area contributed by atoms with Crippen LogP contribution in [-0.2, 0) is 11.3 Å². The fourth-order valence-corrected chi connectivity index (χ4v) is 3.50. The molecule has 1 saturated heterocycles. The molecule has 0 unspecified atom stereocenters. The van der Waals surface area contributed by atoms with Gasteiger partial charge >= 0.3 is 0 Å². The van der Waals surface area contributed by atoms with E-state index in [1.165, 1.54) is 0 Å². The van der Waals surface area contributed by atoms with Gasteiger partial charge < -0.3 is 9.26 Å². The number of hydrogen-bond acceptors (Lipinski definition) is 6. The van der Waals surface area contributed by atoms with Crippen LogP contribution in [0.4, 0.5) is 0 Å². The van der Waals surface area contributed by atoms with Crippen LogP contribution in [0.3, 0.4) is 0 Å². The quantitative estimate of drug-likeness (QED) is 0.733. The summed E-state index contributed by atoms with van der Waals surface area (Å²) in [5.41, 5.74) is 1.98. The van der Waals surface area contributed by atoms with Crippen LogP contribution in [0.25, 0.3) is 22.2 Å². The second-order valence-electron chi connectivity index (χ2n) is 5.78. The Bertz CT molecular complexity index is 772. The van der Waals surface area contributed by atoms with Crippen LogP contribution in [0.15, 0.2) is 28.2 Å². The summed E-state index contributed by atoms with van der Waals surface area (Å²) in [5, 5.41) is 10.6. The topological polar surface area (TPSA) is 66.0 Å². The minimum absolute atomic E-state index is 0.532. The fraction of sp³-hybridized carbons (Fsp3) is 0.438. The summed E-state index contributed by atoms with van der Waals surface area (Å²) in [5.74, 6) is 1.79. The van der Waals surface area contributed by atoms with Gasteiger partial charge in [0.15, 0.2) is 0 Å². The third kappa shape index (κ3) is 2.94. The summed E-state index contributed by atoms with van der Waals surface area (Å²) in [6, 6.07) is 3.97. The van der Waals surface area contributed by atoms with Gasteiger partial charge in [-0.25, -0.2) is 0 Å². The molecule has 3 aromatic heterocycles. The molecule has 1 aliphatic heterocycles. The zero-order valence-corrected chi connectivity index (χ0v) is 13.8. The van der Waals surface area contributed by atoms with Crippen LogP contribution in [0, 0.1) is 12.8 Å². The van der Waals surface area contributed by atoms with Gasteiger partial charge in [0.05, 0.1) is 16.6 Å². The lowest BCUT2D eigenvalue weighted by atomic mass is 10.0. The van der Waals surface area contributed by atoms with E-state index in [1.807, 2.05) is 28.4 Å². The maximum Gasteiger partial charge on any atom is 0.261 e. The molecule has 1 fully saturated rings. The summed E-state index contributed by atoms with van der Waals surface area (Å²) in [6.07, 6.45) is 4.01. The summed E-state index contributed by atoms with van der Waals surface area (Å²) in [4.78, 5) is 5.51. The van der Waals surface area contributed by atoms with Gasteiger partial charge in [-0.3, -0.25) is 4.68 Å². The number of hydrogen-bond donors (Lipinski definition) is 0. The molecule has 23 heavy (non-hydrogen) atoms. The van der Waals surface area contributed by atoms with E-state index in [2.05, 4.69) is 22.2 Å². The van der Waals surface area contributed by atoms with E-state index in [9.17, 15) is 0 Å². The van der Waals surface area contributed by atoms with Gasteiger partial charge in [0, 0.05) is 25.5 Å². The lowest BCUT2D eigenvalue weighted by Gasteiger charge is -2.22. The van der Waals surface area contributed by atoms with E-state index in [-0.39, 0.29) is 0 Å². The Balaban J connectivity index is 1.55. The number of nitrogens with zero attached hydrogens (tertiary/aromatic N) is 4. The fourth-order valence-electron chi connectivity index (χ4n) is 2.85. The molecule has 6 nitrogen and oxygen atoms in total. The maximum atomic E-state index is 5.43. The van der Waals surface area contributed by atoms with Crippen LogP contribution >= 0.6 is 11.3 Å². The highest BCUT2D eigenvalue weighted by Crippen LogP contribution is 2.27. The zero-order valence-electron chi connectivity index (χ0n) is 12.9. The summed E-state index contributed by atoms with van der Waals surface area (Å²) >= 11 is 1.60. The number of rotatable bonds is 4. The highest BCUT2D eigenvalue weighted by atomic mass is 32.1. The SMILES string of the molecule is Cc1c(-c2nc(-c3cccs3)no2)cnn1CC1CCOCC1. The highest BCUT2D eigenvalue weighted by molar-refractivity contribution is 7.13. The predicted octanol–water partition coefficient (Wildman–Crippen LogP) is 3.40. The maximum absolute atomic E-state index is 5.43. The number of thiophene rings is 1. The highest BCUT2D eigenvalue weighted by Gasteiger charge is 2.20. The van der Waals surface area contributed by atoms with Crippen molar-refractivity contribution < 1.29 is 9.26 Å². The van der Waals surface area contributed by atoms with E-state index in [4.69, 9.17) is 9.26 Å². The molecule has 120 valence electrons. The average Bonchev–Trinajstić information content (AvgIpc) is 3.30. The molecule has 0 bridgehead atoms. The van der Waals surface area contributed by atoms with Crippen molar-refractivity contribution in [3.05, 3.63) is 29.4 Å². The van der Waals surface area contributed by atoms with Crippen LogP contribution in [0.2, 0.25) is 0 Å². The van der Waals surface area contributed by atoms with E-state index in [0.717, 1.165) is 48.7 Å². The second kappa shape index (κ2) is 6.25. The molecule has 3 aromatic rings. The van der Waals surface area contributed by atoms with Gasteiger partial charge in [-0.1, -0.05) is 11.2 Å². The molecular weight excluding hydrogens is 312 g/mol. The van der Waals surface area contributed by atoms with Gasteiger partial charge in [0.1, 0.15) is 0 Å². The lowest BCUT2D eigenvalue weighted by molar-refractivity contribution is 0.0599. The molecule has 0 atom stereocenters. The van der Waals surface area contributed by atoms with Crippen molar-refractivity contribution in [1.82, 2.24) is 19.9 Å². The van der Waals surface area contributed by atoms with Crippen molar-refractivity contribution >= 4 is 11.3 Å². The average molecular weight is 330 g/mol. The monoisotopic (exact) mass is 330 g/mol. The van der Waals surface area contributed by atoms with Gasteiger partial charge in [0.2, 0.25) is 5.82 Å². The first-order chi connectivity index (χ1) is 11.3. The molecule has 0 radical (unpaired) electrons. The van der Waals surface area contributed by atoms with Crippen LogP contribution < -0.4 is 0 Å². The summed E-state index contributed by atoms with van der Waals surface area (Å²) < 4.78 is 12.9. The Morgan fingerprint density at radius 2 is 2.22 bits per heavy atom. The van der Waals surface area contributed by atoms with Crippen LogP contribution in [0.5, 0.6) is 0 Å². The van der Waals surface area contributed by atoms with Crippen molar-refractivity contribution in [1.29, 1.82) is 0 Å². The summed E-state index contributed by atoms with van der Waals surface area (Å²) in [7, 11) is 0. The molecule has 4 heterocycles. The third-order valence-corrected chi connectivity index (χ3v) is 5.14.